The first-order valence-corrected chi connectivity index (χ1v) is 7.80. The van der Waals surface area contributed by atoms with Gasteiger partial charge in [-0.05, 0) is 0 Å². The van der Waals surface area contributed by atoms with Crippen LogP contribution in [0.25, 0.3) is 0 Å². The summed E-state index contributed by atoms with van der Waals surface area (Å²) >= 11 is -0.800. The Morgan fingerprint density at radius 1 is 2.00 bits per heavy atom. The number of rotatable bonds is 2. The van der Waals surface area contributed by atoms with Crippen molar-refractivity contribution in [3.8, 4) is 0 Å². The van der Waals surface area contributed by atoms with Crippen LogP contribution in [-0.4, -0.2) is 5.78 Å². The first kappa shape index (κ1) is 6.70. The summed E-state index contributed by atoms with van der Waals surface area (Å²) in [4.78, 5) is 10.0. The number of hydrogen-bond acceptors (Lipinski definition) is 1. The van der Waals surface area contributed by atoms with Gasteiger partial charge in [-0.2, -0.15) is 0 Å². The van der Waals surface area contributed by atoms with Gasteiger partial charge in [0, 0.05) is 0 Å². The van der Waals surface area contributed by atoms with Gasteiger partial charge in [-0.1, -0.05) is 0 Å². The molecule has 0 amide bonds. The monoisotopic (exact) mass is 273 g/mol. The maximum atomic E-state index is 10.0. The summed E-state index contributed by atoms with van der Waals surface area (Å²) in [5.41, 5.74) is 0. The van der Waals surface area contributed by atoms with Crippen molar-refractivity contribution in [2.75, 3.05) is 0 Å². The van der Waals surface area contributed by atoms with E-state index in [9.17, 15) is 4.79 Å². The van der Waals surface area contributed by atoms with Crippen molar-refractivity contribution in [3.63, 3.8) is 0 Å². The fraction of sp³-hybridized carbons (Fsp3) is 0.667. The molecular weight excluding hydrogens is 268 g/mol. The number of carbonyl (C=O) groups excluding carboxylic acids is 1. The molecular formula is C3H5ClOTa. The minimum absolute atomic E-state index is 0.238. The third kappa shape index (κ3) is 4.70. The van der Waals surface area contributed by atoms with Crippen LogP contribution in [0, 0.1) is 0 Å². The third-order valence-corrected chi connectivity index (χ3v) is 3.29. The van der Waals surface area contributed by atoms with E-state index in [1.54, 1.807) is 6.92 Å². The van der Waals surface area contributed by atoms with E-state index in [0.717, 1.165) is 0 Å². The van der Waals surface area contributed by atoms with Crippen molar-refractivity contribution in [2.45, 2.75) is 11.6 Å². The summed E-state index contributed by atoms with van der Waals surface area (Å²) in [6.45, 7) is 1.58. The molecule has 0 fully saturated rings. The van der Waals surface area contributed by atoms with Gasteiger partial charge in [0.15, 0.2) is 0 Å². The maximum absolute atomic E-state index is 10.0. The van der Waals surface area contributed by atoms with Crippen molar-refractivity contribution in [1.29, 1.82) is 0 Å². The fourth-order valence-corrected chi connectivity index (χ4v) is 2.07. The number of halogens is 1. The second-order valence-corrected chi connectivity index (χ2v) is 4.93. The molecule has 0 unspecified atom stereocenters. The van der Waals surface area contributed by atoms with Crippen LogP contribution in [0.3, 0.4) is 0 Å². The number of hydrogen-bond donors (Lipinski definition) is 0. The molecule has 0 radical (unpaired) electrons. The molecule has 0 aliphatic carbocycles. The van der Waals surface area contributed by atoms with E-state index >= 15 is 0 Å². The zero-order chi connectivity index (χ0) is 4.99. The van der Waals surface area contributed by atoms with Crippen LogP contribution < -0.4 is 0 Å². The van der Waals surface area contributed by atoms with Crippen LogP contribution in [0.2, 0.25) is 4.64 Å². The van der Waals surface area contributed by atoms with Crippen LogP contribution >= 0.6 is 9.19 Å². The van der Waals surface area contributed by atoms with E-state index in [1.807, 2.05) is 0 Å². The summed E-state index contributed by atoms with van der Waals surface area (Å²) in [6, 6.07) is 0. The molecule has 0 atom stereocenters. The van der Waals surface area contributed by atoms with Gasteiger partial charge in [0.25, 0.3) is 0 Å². The van der Waals surface area contributed by atoms with Gasteiger partial charge < -0.3 is 0 Å². The van der Waals surface area contributed by atoms with Crippen LogP contribution in [0.5, 0.6) is 0 Å². The molecule has 0 spiro atoms. The quantitative estimate of drug-likeness (QED) is 0.740. The first-order chi connectivity index (χ1) is 2.77. The van der Waals surface area contributed by atoms with Crippen molar-refractivity contribution >= 4 is 15.0 Å². The normalized spacial score (nSPS) is 7.67. The fourth-order valence-electron chi connectivity index (χ4n) is 0.0842. The molecule has 0 saturated heterocycles. The van der Waals surface area contributed by atoms with Crippen molar-refractivity contribution in [3.05, 3.63) is 0 Å². The molecule has 1 nitrogen and oxygen atoms in total. The number of Topliss-reactive ketones (excluding diaryl/α,β-unsaturated/α-hetero) is 1. The van der Waals surface area contributed by atoms with Gasteiger partial charge in [-0.3, -0.25) is 0 Å². The van der Waals surface area contributed by atoms with Crippen LogP contribution in [0.1, 0.15) is 6.92 Å². The molecule has 0 aliphatic rings. The summed E-state index contributed by atoms with van der Waals surface area (Å²) < 4.78 is 0.682. The summed E-state index contributed by atoms with van der Waals surface area (Å²) in [7, 11) is 5.36. The second-order valence-electron chi connectivity index (χ2n) is 0.980. The standard InChI is InChI=1S/C3H5O.ClH.Ta/c1-3(2)4;;/h1H2,2H3;1H;/q;;+1/p-1. The Morgan fingerprint density at radius 2 is 2.50 bits per heavy atom. The van der Waals surface area contributed by atoms with E-state index in [-0.39, 0.29) is 5.78 Å². The molecule has 0 saturated carbocycles. The predicted octanol–water partition coefficient (Wildman–Crippen LogP) is 1.23. The second kappa shape index (κ2) is 3.88. The van der Waals surface area contributed by atoms with E-state index in [0.29, 0.717) is 4.64 Å². The van der Waals surface area contributed by atoms with Gasteiger partial charge in [0.1, 0.15) is 0 Å². The van der Waals surface area contributed by atoms with Crippen molar-refractivity contribution in [1.82, 2.24) is 0 Å². The predicted molar refractivity (Wildman–Crippen MR) is 21.3 cm³/mol. The average Bonchev–Trinajstić information content (AvgIpc) is 1.35. The van der Waals surface area contributed by atoms with Gasteiger partial charge in [-0.25, -0.2) is 0 Å². The zero-order valence-electron chi connectivity index (χ0n) is 3.44. The van der Waals surface area contributed by atoms with Crippen LogP contribution in [0.4, 0.5) is 0 Å². The Bertz CT molecular complexity index is 54.8. The molecule has 6 heavy (non-hydrogen) atoms. The topological polar surface area (TPSA) is 17.1 Å². The SMILES string of the molecule is CC(=O)[CH2][Ta][Cl]. The molecule has 0 aliphatic heterocycles. The Hall–Kier alpha value is 0.700. The molecule has 0 heterocycles. The van der Waals surface area contributed by atoms with E-state index in [4.69, 9.17) is 9.19 Å². The van der Waals surface area contributed by atoms with Gasteiger partial charge in [-0.15, -0.1) is 0 Å². The minimum atomic E-state index is -0.800. The molecule has 35 valence electrons. The van der Waals surface area contributed by atoms with Gasteiger partial charge in [0.05, 0.1) is 0 Å². The summed E-state index contributed by atoms with van der Waals surface area (Å²) in [6.07, 6.45) is 0. The van der Waals surface area contributed by atoms with E-state index in [2.05, 4.69) is 0 Å². The van der Waals surface area contributed by atoms with Crippen LogP contribution in [0.15, 0.2) is 0 Å². The van der Waals surface area contributed by atoms with Gasteiger partial charge in [0.2, 0.25) is 0 Å². The first-order valence-electron chi connectivity index (χ1n) is 1.54. The zero-order valence-corrected chi connectivity index (χ0v) is 7.41. The number of carbonyl (C=O) groups is 1. The third-order valence-electron chi connectivity index (χ3n) is 0.282. The Balaban J connectivity index is 2.83. The van der Waals surface area contributed by atoms with Crippen molar-refractivity contribution < 1.29 is 23.5 Å². The molecule has 0 aromatic rings. The Labute approximate surface area is 50.2 Å². The van der Waals surface area contributed by atoms with Crippen molar-refractivity contribution in [2.24, 2.45) is 0 Å². The summed E-state index contributed by atoms with van der Waals surface area (Å²) in [5.74, 6) is 0.238. The molecule has 0 rings (SSSR count). The molecule has 3 heteroatoms. The van der Waals surface area contributed by atoms with Crippen LogP contribution in [-0.2, 0) is 23.5 Å². The molecule has 0 aromatic heterocycles. The summed E-state index contributed by atoms with van der Waals surface area (Å²) in [5, 5.41) is 0. The molecule has 0 N–H and O–H groups in total. The Kier molecular flexibility index (Phi) is 4.33. The Morgan fingerprint density at radius 3 is 2.50 bits per heavy atom. The number of ketones is 1. The molecule has 0 aromatic carbocycles. The van der Waals surface area contributed by atoms with Gasteiger partial charge >= 0.3 is 50.0 Å². The van der Waals surface area contributed by atoms with E-state index in [1.165, 1.54) is 0 Å². The molecule has 0 bridgehead atoms. The average molecular weight is 273 g/mol. The van der Waals surface area contributed by atoms with E-state index < -0.39 is 18.7 Å².